The molecule has 0 fully saturated rings. The zero-order valence-electron chi connectivity index (χ0n) is 12.2. The van der Waals surface area contributed by atoms with Crippen LogP contribution < -0.4 is 5.32 Å². The molecule has 2 aromatic heterocycles. The van der Waals surface area contributed by atoms with Crippen molar-refractivity contribution in [2.45, 2.75) is 32.1 Å². The van der Waals surface area contributed by atoms with E-state index in [1.165, 1.54) is 0 Å². The van der Waals surface area contributed by atoms with Gasteiger partial charge in [0.2, 0.25) is 5.91 Å². The van der Waals surface area contributed by atoms with Gasteiger partial charge in [-0.1, -0.05) is 12.1 Å². The van der Waals surface area contributed by atoms with Gasteiger partial charge < -0.3 is 10.4 Å². The lowest BCUT2D eigenvalue weighted by atomic mass is 10.2. The molecule has 2 N–H and O–H groups in total. The molecule has 0 radical (unpaired) electrons. The lowest BCUT2D eigenvalue weighted by Gasteiger charge is -2.14. The van der Waals surface area contributed by atoms with Crippen LogP contribution in [0, 0.1) is 0 Å². The van der Waals surface area contributed by atoms with E-state index in [1.54, 1.807) is 6.92 Å². The maximum absolute atomic E-state index is 12.6. The van der Waals surface area contributed by atoms with Crippen LogP contribution >= 0.6 is 11.3 Å². The van der Waals surface area contributed by atoms with E-state index >= 15 is 0 Å². The quantitative estimate of drug-likeness (QED) is 0.809. The van der Waals surface area contributed by atoms with E-state index in [0.29, 0.717) is 6.42 Å². The number of nitrogens with zero attached hydrogens (tertiary/aromatic N) is 4. The second-order valence-corrected chi connectivity index (χ2v) is 5.59. The average Bonchev–Trinajstić information content (AvgIpc) is 3.13. The van der Waals surface area contributed by atoms with Gasteiger partial charge in [0.1, 0.15) is 11.6 Å². The molecule has 130 valence electrons. The summed E-state index contributed by atoms with van der Waals surface area (Å²) >= 11 is 0.807. The number of carboxylic acids is 1. The normalized spacial score (nSPS) is 12.8. The van der Waals surface area contributed by atoms with E-state index in [2.05, 4.69) is 20.6 Å². The van der Waals surface area contributed by atoms with Crippen molar-refractivity contribution in [3.63, 3.8) is 0 Å². The highest BCUT2D eigenvalue weighted by atomic mass is 32.1. The summed E-state index contributed by atoms with van der Waals surface area (Å²) in [6, 6.07) is -0.680. The van der Waals surface area contributed by atoms with Gasteiger partial charge in [0.05, 0.1) is 12.2 Å². The molecule has 0 saturated carbocycles. The Morgan fingerprint density at radius 3 is 2.67 bits per heavy atom. The summed E-state index contributed by atoms with van der Waals surface area (Å²) in [6.07, 6.45) is -3.12. The topological polar surface area (TPSA) is 110 Å². The number of carboxylic acid groups (broad SMARTS) is 1. The number of aromatic carboxylic acids is 1. The number of halogens is 3. The first-order valence-electron chi connectivity index (χ1n) is 6.66. The molecule has 2 heterocycles. The van der Waals surface area contributed by atoms with Crippen LogP contribution in [0.25, 0.3) is 0 Å². The fourth-order valence-corrected chi connectivity index (χ4v) is 2.74. The van der Waals surface area contributed by atoms with Crippen molar-refractivity contribution >= 4 is 23.2 Å². The highest BCUT2D eigenvalue weighted by Gasteiger charge is 2.34. The predicted octanol–water partition coefficient (Wildman–Crippen LogP) is 1.72. The Labute approximate surface area is 137 Å². The van der Waals surface area contributed by atoms with Crippen molar-refractivity contribution in [2.24, 2.45) is 0 Å². The number of thiazole rings is 1. The summed E-state index contributed by atoms with van der Waals surface area (Å²) in [5, 5.41) is 19.1. The van der Waals surface area contributed by atoms with Gasteiger partial charge in [-0.25, -0.2) is 14.5 Å². The minimum Gasteiger partial charge on any atom is -0.476 e. The molecule has 8 nitrogen and oxygen atoms in total. The summed E-state index contributed by atoms with van der Waals surface area (Å²) in [6.45, 7) is 1.38. The number of hydrogen-bond acceptors (Lipinski definition) is 6. The van der Waals surface area contributed by atoms with E-state index < -0.39 is 29.8 Å². The third-order valence-corrected chi connectivity index (χ3v) is 3.88. The highest BCUT2D eigenvalue weighted by Crippen LogP contribution is 2.32. The maximum atomic E-state index is 12.6. The molecule has 0 saturated heterocycles. The Hall–Kier alpha value is -2.50. The smallest absolute Gasteiger partial charge is 0.434 e. The molecule has 0 aromatic carbocycles. The molecular weight excluding hydrogens is 351 g/mol. The number of carbonyl (C=O) groups is 2. The van der Waals surface area contributed by atoms with Crippen molar-refractivity contribution in [2.75, 3.05) is 0 Å². The van der Waals surface area contributed by atoms with Crippen molar-refractivity contribution in [3.8, 4) is 0 Å². The summed E-state index contributed by atoms with van der Waals surface area (Å²) < 4.78 is 38.8. The van der Waals surface area contributed by atoms with E-state index in [0.717, 1.165) is 27.6 Å². The first-order chi connectivity index (χ1) is 11.2. The second-order valence-electron chi connectivity index (χ2n) is 4.70. The van der Waals surface area contributed by atoms with Gasteiger partial charge in [0, 0.05) is 5.38 Å². The van der Waals surface area contributed by atoms with Crippen molar-refractivity contribution in [1.29, 1.82) is 0 Å². The Kier molecular flexibility index (Phi) is 5.17. The maximum Gasteiger partial charge on any atom is 0.434 e. The molecule has 1 unspecified atom stereocenters. The number of nitrogens with one attached hydrogen (secondary N) is 1. The van der Waals surface area contributed by atoms with Gasteiger partial charge in [-0.15, -0.1) is 16.4 Å². The standard InChI is InChI=1S/C12H12F3N5O3S/c1-2-6(10-17-8(5-24-10)12(13,14)15)16-9(21)4-20-3-7(11(22)23)18-19-20/h3,5-6H,2,4H2,1H3,(H,16,21)(H,22,23). The number of alkyl halides is 3. The van der Waals surface area contributed by atoms with Crippen LogP contribution in [-0.4, -0.2) is 37.0 Å². The Bertz CT molecular complexity index is 742. The molecule has 2 aromatic rings. The predicted molar refractivity (Wildman–Crippen MR) is 75.3 cm³/mol. The minimum atomic E-state index is -4.54. The number of hydrogen-bond donors (Lipinski definition) is 2. The SMILES string of the molecule is CCC(NC(=O)Cn1cc(C(=O)O)nn1)c1nc(C(F)(F)F)cs1. The van der Waals surface area contributed by atoms with Gasteiger partial charge in [0.15, 0.2) is 11.4 Å². The number of aromatic nitrogens is 4. The number of rotatable bonds is 6. The minimum absolute atomic E-state index is 0.142. The van der Waals surface area contributed by atoms with E-state index in [9.17, 15) is 22.8 Å². The average molecular weight is 363 g/mol. The molecule has 0 aliphatic heterocycles. The van der Waals surface area contributed by atoms with Gasteiger partial charge in [-0.05, 0) is 6.42 Å². The van der Waals surface area contributed by atoms with Crippen LogP contribution in [0.2, 0.25) is 0 Å². The molecule has 2 rings (SSSR count). The Balaban J connectivity index is 2.02. The number of amides is 1. The summed E-state index contributed by atoms with van der Waals surface area (Å²) in [4.78, 5) is 26.1. The van der Waals surface area contributed by atoms with Gasteiger partial charge >= 0.3 is 12.1 Å². The molecule has 24 heavy (non-hydrogen) atoms. The molecule has 0 aliphatic rings. The fraction of sp³-hybridized carbons (Fsp3) is 0.417. The summed E-state index contributed by atoms with van der Waals surface area (Å²) in [5.41, 5.74) is -1.32. The van der Waals surface area contributed by atoms with Crippen LogP contribution in [0.15, 0.2) is 11.6 Å². The molecule has 12 heteroatoms. The zero-order chi connectivity index (χ0) is 17.9. The fourth-order valence-electron chi connectivity index (χ4n) is 1.78. The molecule has 0 aliphatic carbocycles. The lowest BCUT2D eigenvalue weighted by molar-refractivity contribution is -0.140. The molecule has 1 atom stereocenters. The molecule has 0 bridgehead atoms. The van der Waals surface area contributed by atoms with E-state index in [-0.39, 0.29) is 17.2 Å². The Morgan fingerprint density at radius 1 is 1.46 bits per heavy atom. The van der Waals surface area contributed by atoms with Crippen molar-refractivity contribution in [3.05, 3.63) is 28.0 Å². The second kappa shape index (κ2) is 6.95. The van der Waals surface area contributed by atoms with Gasteiger partial charge in [-0.2, -0.15) is 13.2 Å². The first kappa shape index (κ1) is 17.8. The highest BCUT2D eigenvalue weighted by molar-refractivity contribution is 7.09. The Morgan fingerprint density at radius 2 is 2.17 bits per heavy atom. The van der Waals surface area contributed by atoms with Crippen molar-refractivity contribution in [1.82, 2.24) is 25.3 Å². The largest absolute Gasteiger partial charge is 0.476 e. The third-order valence-electron chi connectivity index (χ3n) is 2.92. The monoisotopic (exact) mass is 363 g/mol. The van der Waals surface area contributed by atoms with Crippen LogP contribution in [0.5, 0.6) is 0 Å². The van der Waals surface area contributed by atoms with E-state index in [1.807, 2.05) is 0 Å². The van der Waals surface area contributed by atoms with Crippen LogP contribution in [0.3, 0.4) is 0 Å². The van der Waals surface area contributed by atoms with Gasteiger partial charge in [-0.3, -0.25) is 4.79 Å². The molecular formula is C12H12F3N5O3S. The summed E-state index contributed by atoms with van der Waals surface area (Å²) in [5.74, 6) is -1.83. The van der Waals surface area contributed by atoms with Crippen LogP contribution in [0.1, 0.15) is 40.6 Å². The van der Waals surface area contributed by atoms with Crippen LogP contribution in [-0.2, 0) is 17.5 Å². The zero-order valence-corrected chi connectivity index (χ0v) is 13.1. The molecule has 0 spiro atoms. The number of carbonyl (C=O) groups excluding carboxylic acids is 1. The molecule has 1 amide bonds. The van der Waals surface area contributed by atoms with E-state index in [4.69, 9.17) is 5.11 Å². The third kappa shape index (κ3) is 4.28. The summed E-state index contributed by atoms with van der Waals surface area (Å²) in [7, 11) is 0. The van der Waals surface area contributed by atoms with Gasteiger partial charge in [0.25, 0.3) is 0 Å². The lowest BCUT2D eigenvalue weighted by Crippen LogP contribution is -2.31. The first-order valence-corrected chi connectivity index (χ1v) is 7.54. The van der Waals surface area contributed by atoms with Crippen LogP contribution in [0.4, 0.5) is 13.2 Å². The van der Waals surface area contributed by atoms with Crippen molar-refractivity contribution < 1.29 is 27.9 Å².